The summed E-state index contributed by atoms with van der Waals surface area (Å²) in [5.41, 5.74) is -0.626. The van der Waals surface area contributed by atoms with Gasteiger partial charge in [0.2, 0.25) is 0 Å². The number of halogens is 2. The van der Waals surface area contributed by atoms with Gasteiger partial charge < -0.3 is 9.57 Å². The van der Waals surface area contributed by atoms with Crippen LogP contribution in [0.5, 0.6) is 0 Å². The molecule has 0 radical (unpaired) electrons. The summed E-state index contributed by atoms with van der Waals surface area (Å²) in [5, 5.41) is 12.4. The van der Waals surface area contributed by atoms with Crippen molar-refractivity contribution in [3.05, 3.63) is 10.7 Å². The van der Waals surface area contributed by atoms with Crippen LogP contribution in [0.15, 0.2) is 10.2 Å². The van der Waals surface area contributed by atoms with Crippen molar-refractivity contribution in [1.29, 1.82) is 0 Å². The maximum atomic E-state index is 11.7. The number of hydrogen-bond donors (Lipinski definition) is 1. The quantitative estimate of drug-likeness (QED) is 0.554. The fourth-order valence-corrected chi connectivity index (χ4v) is 3.25. The molecule has 0 aromatic carbocycles. The maximum Gasteiger partial charge on any atom is 0.264 e. The first kappa shape index (κ1) is 15.8. The Balaban J connectivity index is 2.57. The fourth-order valence-electron chi connectivity index (χ4n) is 1.65. The first-order chi connectivity index (χ1) is 9.18. The second-order valence-electron chi connectivity index (χ2n) is 4.50. The number of aryl methyl sites for hydroxylation is 1. The summed E-state index contributed by atoms with van der Waals surface area (Å²) in [6.07, 6.45) is 0. The summed E-state index contributed by atoms with van der Waals surface area (Å²) in [5.74, 6) is -0.0439. The van der Waals surface area contributed by atoms with Gasteiger partial charge in [-0.05, 0) is 12.1 Å². The third kappa shape index (κ3) is 2.87. The van der Waals surface area contributed by atoms with E-state index in [4.69, 9.17) is 26.3 Å². The van der Waals surface area contributed by atoms with Crippen molar-refractivity contribution >= 4 is 50.1 Å². The van der Waals surface area contributed by atoms with Gasteiger partial charge in [-0.2, -0.15) is 5.10 Å². The topological polar surface area (TPSA) is 109 Å². The SMILES string of the molecule is Cn1nc(Cl)c(C2=NOCC(C)(CI)O2)c1S(N)(=O)=O. The van der Waals surface area contributed by atoms with E-state index in [-0.39, 0.29) is 28.2 Å². The van der Waals surface area contributed by atoms with Gasteiger partial charge in [0.15, 0.2) is 22.4 Å². The van der Waals surface area contributed by atoms with Crippen LogP contribution in [0.1, 0.15) is 12.5 Å². The zero-order chi connectivity index (χ0) is 15.1. The molecule has 1 atom stereocenters. The van der Waals surface area contributed by atoms with Crippen LogP contribution in [0.2, 0.25) is 5.15 Å². The lowest BCUT2D eigenvalue weighted by atomic mass is 10.1. The number of ether oxygens (including phenoxy) is 1. The Hall–Kier alpha value is -0.590. The number of hydrogen-bond acceptors (Lipinski definition) is 6. The van der Waals surface area contributed by atoms with E-state index in [9.17, 15) is 8.42 Å². The van der Waals surface area contributed by atoms with Crippen molar-refractivity contribution in [2.75, 3.05) is 11.0 Å². The highest BCUT2D eigenvalue weighted by Gasteiger charge is 2.37. The summed E-state index contributed by atoms with van der Waals surface area (Å²) in [4.78, 5) is 5.10. The Morgan fingerprint density at radius 3 is 2.80 bits per heavy atom. The van der Waals surface area contributed by atoms with E-state index in [0.717, 1.165) is 4.68 Å². The lowest BCUT2D eigenvalue weighted by Crippen LogP contribution is -2.41. The molecule has 1 aromatic heterocycles. The van der Waals surface area contributed by atoms with E-state index < -0.39 is 15.6 Å². The van der Waals surface area contributed by atoms with Crippen LogP contribution < -0.4 is 5.14 Å². The summed E-state index contributed by atoms with van der Waals surface area (Å²) in [7, 11) is -2.63. The minimum absolute atomic E-state index is 0.00689. The summed E-state index contributed by atoms with van der Waals surface area (Å²) in [6, 6.07) is 0. The molecule has 0 saturated carbocycles. The number of nitrogens with zero attached hydrogens (tertiary/aromatic N) is 3. The van der Waals surface area contributed by atoms with E-state index in [2.05, 4.69) is 32.8 Å². The van der Waals surface area contributed by atoms with Gasteiger partial charge in [0.05, 0.1) is 0 Å². The van der Waals surface area contributed by atoms with Crippen LogP contribution >= 0.6 is 34.2 Å². The average Bonchev–Trinajstić information content (AvgIpc) is 2.64. The van der Waals surface area contributed by atoms with Gasteiger partial charge in [0.25, 0.3) is 15.9 Å². The molecule has 1 unspecified atom stereocenters. The van der Waals surface area contributed by atoms with E-state index in [1.807, 2.05) is 6.92 Å². The number of nitrogens with two attached hydrogens (primary N) is 1. The van der Waals surface area contributed by atoms with Gasteiger partial charge in [0.1, 0.15) is 5.56 Å². The number of sulfonamides is 1. The van der Waals surface area contributed by atoms with Crippen molar-refractivity contribution < 1.29 is 18.0 Å². The zero-order valence-corrected chi connectivity index (χ0v) is 14.4. The number of alkyl halides is 1. The van der Waals surface area contributed by atoms with Crippen molar-refractivity contribution in [2.24, 2.45) is 17.3 Å². The first-order valence-corrected chi connectivity index (χ1v) is 8.83. The largest absolute Gasteiger partial charge is 0.464 e. The van der Waals surface area contributed by atoms with Crippen LogP contribution in [-0.4, -0.2) is 40.7 Å². The van der Waals surface area contributed by atoms with E-state index in [0.29, 0.717) is 4.43 Å². The van der Waals surface area contributed by atoms with Crippen molar-refractivity contribution in [3.8, 4) is 0 Å². The first-order valence-electron chi connectivity index (χ1n) is 5.38. The number of oxime groups is 1. The number of primary sulfonamides is 1. The van der Waals surface area contributed by atoms with E-state index in [1.54, 1.807) is 0 Å². The molecule has 0 fully saturated rings. The molecular weight excluding hydrogens is 423 g/mol. The molecule has 1 aliphatic rings. The molecule has 8 nitrogen and oxygen atoms in total. The molecule has 0 saturated heterocycles. The highest BCUT2D eigenvalue weighted by Crippen LogP contribution is 2.28. The molecule has 112 valence electrons. The molecule has 0 amide bonds. The highest BCUT2D eigenvalue weighted by molar-refractivity contribution is 14.1. The summed E-state index contributed by atoms with van der Waals surface area (Å²) >= 11 is 8.09. The van der Waals surface area contributed by atoms with Crippen LogP contribution in [0, 0.1) is 0 Å². The van der Waals surface area contributed by atoms with Crippen LogP contribution in [0.3, 0.4) is 0 Å². The maximum absolute atomic E-state index is 11.7. The van der Waals surface area contributed by atoms with Gasteiger partial charge >= 0.3 is 0 Å². The van der Waals surface area contributed by atoms with Crippen molar-refractivity contribution in [3.63, 3.8) is 0 Å². The van der Waals surface area contributed by atoms with Crippen LogP contribution in [0.25, 0.3) is 0 Å². The Bertz CT molecular complexity index is 674. The van der Waals surface area contributed by atoms with Crippen LogP contribution in [-0.2, 0) is 26.6 Å². The molecule has 2 heterocycles. The zero-order valence-electron chi connectivity index (χ0n) is 10.6. The Kier molecular flexibility index (Phi) is 4.19. The highest BCUT2D eigenvalue weighted by atomic mass is 127. The molecule has 0 spiro atoms. The van der Waals surface area contributed by atoms with Gasteiger partial charge in [-0.3, -0.25) is 4.68 Å². The Morgan fingerprint density at radius 2 is 2.25 bits per heavy atom. The van der Waals surface area contributed by atoms with Crippen molar-refractivity contribution in [2.45, 2.75) is 17.6 Å². The number of rotatable bonds is 3. The molecule has 2 N–H and O–H groups in total. The molecule has 1 aromatic rings. The van der Waals surface area contributed by atoms with E-state index >= 15 is 0 Å². The molecule has 2 rings (SSSR count). The lowest BCUT2D eigenvalue weighted by Gasteiger charge is -2.31. The van der Waals surface area contributed by atoms with Gasteiger partial charge in [-0.25, -0.2) is 13.6 Å². The molecule has 11 heteroatoms. The summed E-state index contributed by atoms with van der Waals surface area (Å²) < 4.78 is 30.7. The molecular formula is C9H12ClIN4O4S. The Labute approximate surface area is 134 Å². The minimum atomic E-state index is -4.04. The smallest absolute Gasteiger partial charge is 0.264 e. The van der Waals surface area contributed by atoms with Gasteiger partial charge in [0, 0.05) is 11.5 Å². The second kappa shape index (κ2) is 5.31. The molecule has 20 heavy (non-hydrogen) atoms. The summed E-state index contributed by atoms with van der Waals surface area (Å²) in [6.45, 7) is 2.07. The van der Waals surface area contributed by atoms with Crippen molar-refractivity contribution in [1.82, 2.24) is 9.78 Å². The predicted octanol–water partition coefficient (Wildman–Crippen LogP) is 0.623. The molecule has 0 bridgehead atoms. The standard InChI is InChI=1S/C9H12ClIN4O4S/c1-9(3-11)4-18-14-7(19-9)5-6(10)13-15(2)8(5)20(12,16)17/h3-4H2,1-2H3,(H2,12,16,17). The van der Waals surface area contributed by atoms with Gasteiger partial charge in [-0.1, -0.05) is 34.2 Å². The van der Waals surface area contributed by atoms with Gasteiger partial charge in [-0.15, -0.1) is 0 Å². The Morgan fingerprint density at radius 1 is 1.60 bits per heavy atom. The monoisotopic (exact) mass is 434 g/mol. The van der Waals surface area contributed by atoms with E-state index in [1.165, 1.54) is 7.05 Å². The average molecular weight is 435 g/mol. The molecule has 1 aliphatic heterocycles. The number of aromatic nitrogens is 2. The fraction of sp³-hybridized carbons (Fsp3) is 0.556. The predicted molar refractivity (Wildman–Crippen MR) is 80.5 cm³/mol. The second-order valence-corrected chi connectivity index (χ2v) is 7.09. The lowest BCUT2D eigenvalue weighted by molar-refractivity contribution is -0.0381. The third-order valence-electron chi connectivity index (χ3n) is 2.58. The third-order valence-corrected chi connectivity index (χ3v) is 5.46. The molecule has 0 aliphatic carbocycles. The van der Waals surface area contributed by atoms with Crippen LogP contribution in [0.4, 0.5) is 0 Å². The minimum Gasteiger partial charge on any atom is -0.464 e. The normalized spacial score (nSPS) is 22.9.